The fourth-order valence-electron chi connectivity index (χ4n) is 3.37. The van der Waals surface area contributed by atoms with Crippen molar-refractivity contribution in [2.75, 3.05) is 23.8 Å². The molecule has 138 valence electrons. The molecule has 4 nitrogen and oxygen atoms in total. The Bertz CT molecular complexity index is 905. The molecule has 0 saturated heterocycles. The molecule has 5 heteroatoms. The van der Waals surface area contributed by atoms with Crippen molar-refractivity contribution in [3.05, 3.63) is 82.0 Å². The van der Waals surface area contributed by atoms with E-state index in [2.05, 4.69) is 33.8 Å². The third-order valence-corrected chi connectivity index (χ3v) is 5.92. The highest BCUT2D eigenvalue weighted by atomic mass is 32.1. The molecule has 1 aliphatic rings. The third-order valence-electron chi connectivity index (χ3n) is 4.90. The van der Waals surface area contributed by atoms with Crippen LogP contribution in [0.15, 0.2) is 66.0 Å². The average molecular weight is 378 g/mol. The number of benzene rings is 2. The van der Waals surface area contributed by atoms with Crippen molar-refractivity contribution in [1.29, 1.82) is 0 Å². The zero-order valence-electron chi connectivity index (χ0n) is 15.4. The van der Waals surface area contributed by atoms with Crippen LogP contribution in [0.2, 0.25) is 0 Å². The number of hydrogen-bond acceptors (Lipinski definition) is 3. The number of carbonyl (C=O) groups is 1. The lowest BCUT2D eigenvalue weighted by Crippen LogP contribution is -2.31. The van der Waals surface area contributed by atoms with E-state index in [1.54, 1.807) is 4.90 Å². The highest BCUT2D eigenvalue weighted by Gasteiger charge is 2.17. The maximum atomic E-state index is 12.4. The maximum absolute atomic E-state index is 12.4. The Morgan fingerprint density at radius 1 is 1.11 bits per heavy atom. The lowest BCUT2D eigenvalue weighted by atomic mass is 10.1. The SMILES string of the molecule is CN(Cc1ccccc1)C(=O)Nc1ccc(N2CCc3sccc3C2)cc1. The Morgan fingerprint density at radius 3 is 2.67 bits per heavy atom. The molecule has 2 aromatic carbocycles. The van der Waals surface area contributed by atoms with Gasteiger partial charge in [0, 0.05) is 42.9 Å². The van der Waals surface area contributed by atoms with Gasteiger partial charge in [-0.15, -0.1) is 11.3 Å². The first kappa shape index (κ1) is 17.6. The van der Waals surface area contributed by atoms with Gasteiger partial charge in [0.05, 0.1) is 0 Å². The number of nitrogens with zero attached hydrogens (tertiary/aromatic N) is 2. The molecule has 2 amide bonds. The molecule has 4 rings (SSSR count). The smallest absolute Gasteiger partial charge is 0.321 e. The predicted octanol–water partition coefficient (Wildman–Crippen LogP) is 4.97. The van der Waals surface area contributed by atoms with Gasteiger partial charge in [-0.2, -0.15) is 0 Å². The van der Waals surface area contributed by atoms with E-state index in [4.69, 9.17) is 0 Å². The summed E-state index contributed by atoms with van der Waals surface area (Å²) in [5.74, 6) is 0. The molecule has 0 aliphatic carbocycles. The molecule has 0 atom stereocenters. The molecule has 1 aromatic heterocycles. The lowest BCUT2D eigenvalue weighted by Gasteiger charge is -2.29. The number of carbonyl (C=O) groups excluding carboxylic acids is 1. The van der Waals surface area contributed by atoms with Crippen LogP contribution >= 0.6 is 11.3 Å². The quantitative estimate of drug-likeness (QED) is 0.696. The molecule has 1 aliphatic heterocycles. The van der Waals surface area contributed by atoms with E-state index < -0.39 is 0 Å². The monoisotopic (exact) mass is 377 g/mol. The van der Waals surface area contributed by atoms with Crippen molar-refractivity contribution in [3.63, 3.8) is 0 Å². The average Bonchev–Trinajstić information content (AvgIpc) is 3.17. The first-order valence-electron chi connectivity index (χ1n) is 9.15. The zero-order valence-corrected chi connectivity index (χ0v) is 16.2. The van der Waals surface area contributed by atoms with Crippen LogP contribution < -0.4 is 10.2 Å². The number of fused-ring (bicyclic) bond motifs is 1. The minimum atomic E-state index is -0.104. The second-order valence-corrected chi connectivity index (χ2v) is 7.86. The number of anilines is 2. The summed E-state index contributed by atoms with van der Waals surface area (Å²) in [5, 5.41) is 5.15. The second-order valence-electron chi connectivity index (χ2n) is 6.86. The standard InChI is InChI=1S/C22H23N3OS/c1-24(15-17-5-3-2-4-6-17)22(26)23-19-7-9-20(10-8-19)25-13-11-21-18(16-25)12-14-27-21/h2-10,12,14H,11,13,15-16H2,1H3,(H,23,26). The van der Waals surface area contributed by atoms with Gasteiger partial charge in [-0.25, -0.2) is 4.79 Å². The van der Waals surface area contributed by atoms with Crippen LogP contribution in [0.25, 0.3) is 0 Å². The first-order chi connectivity index (χ1) is 13.2. The van der Waals surface area contributed by atoms with E-state index in [9.17, 15) is 4.79 Å². The van der Waals surface area contributed by atoms with Crippen molar-refractivity contribution in [2.24, 2.45) is 0 Å². The van der Waals surface area contributed by atoms with E-state index in [-0.39, 0.29) is 6.03 Å². The van der Waals surface area contributed by atoms with Gasteiger partial charge in [0.25, 0.3) is 0 Å². The number of thiophene rings is 1. The summed E-state index contributed by atoms with van der Waals surface area (Å²) >= 11 is 1.86. The van der Waals surface area contributed by atoms with Crippen LogP contribution in [-0.4, -0.2) is 24.5 Å². The Labute approximate surface area is 164 Å². The normalized spacial score (nSPS) is 13.1. The van der Waals surface area contributed by atoms with Gasteiger partial charge in [-0.05, 0) is 53.3 Å². The Morgan fingerprint density at radius 2 is 1.89 bits per heavy atom. The van der Waals surface area contributed by atoms with Crippen LogP contribution in [0.4, 0.5) is 16.2 Å². The van der Waals surface area contributed by atoms with Crippen molar-refractivity contribution >= 4 is 28.7 Å². The molecule has 2 heterocycles. The number of nitrogens with one attached hydrogen (secondary N) is 1. The van der Waals surface area contributed by atoms with Crippen LogP contribution in [0.1, 0.15) is 16.0 Å². The zero-order chi connectivity index (χ0) is 18.6. The maximum Gasteiger partial charge on any atom is 0.321 e. The van der Waals surface area contributed by atoms with Gasteiger partial charge in [0.2, 0.25) is 0 Å². The first-order valence-corrected chi connectivity index (χ1v) is 10.0. The van der Waals surface area contributed by atoms with Crippen LogP contribution in [0, 0.1) is 0 Å². The minimum absolute atomic E-state index is 0.104. The summed E-state index contributed by atoms with van der Waals surface area (Å²) in [6.45, 7) is 2.59. The van der Waals surface area contributed by atoms with Crippen LogP contribution in [0.5, 0.6) is 0 Å². The highest BCUT2D eigenvalue weighted by molar-refractivity contribution is 7.10. The van der Waals surface area contributed by atoms with E-state index in [0.29, 0.717) is 6.54 Å². The summed E-state index contributed by atoms with van der Waals surface area (Å²) in [6, 6.07) is 20.3. The number of amides is 2. The largest absolute Gasteiger partial charge is 0.367 e. The topological polar surface area (TPSA) is 35.6 Å². The Balaban J connectivity index is 1.36. The summed E-state index contributed by atoms with van der Waals surface area (Å²) in [4.78, 5) is 18.0. The molecular formula is C22H23N3OS. The van der Waals surface area contributed by atoms with Crippen LogP contribution in [0.3, 0.4) is 0 Å². The van der Waals surface area contributed by atoms with Gasteiger partial charge in [0.15, 0.2) is 0 Å². The molecule has 0 fully saturated rings. The van der Waals surface area contributed by atoms with Gasteiger partial charge >= 0.3 is 6.03 Å². The van der Waals surface area contributed by atoms with E-state index in [1.165, 1.54) is 16.1 Å². The van der Waals surface area contributed by atoms with Crippen molar-refractivity contribution in [3.8, 4) is 0 Å². The third kappa shape index (κ3) is 4.14. The molecule has 1 N–H and O–H groups in total. The summed E-state index contributed by atoms with van der Waals surface area (Å²) in [5.41, 5.74) is 4.56. The fourth-order valence-corrected chi connectivity index (χ4v) is 4.26. The second kappa shape index (κ2) is 7.84. The number of urea groups is 1. The van der Waals surface area contributed by atoms with Gasteiger partial charge in [-0.3, -0.25) is 0 Å². The predicted molar refractivity (Wildman–Crippen MR) is 112 cm³/mol. The van der Waals surface area contributed by atoms with Gasteiger partial charge < -0.3 is 15.1 Å². The highest BCUT2D eigenvalue weighted by Crippen LogP contribution is 2.28. The van der Waals surface area contributed by atoms with E-state index in [1.807, 2.05) is 60.8 Å². The van der Waals surface area contributed by atoms with Crippen molar-refractivity contribution in [1.82, 2.24) is 4.90 Å². The molecular weight excluding hydrogens is 354 g/mol. The summed E-state index contributed by atoms with van der Waals surface area (Å²) in [6.07, 6.45) is 1.11. The van der Waals surface area contributed by atoms with Crippen molar-refractivity contribution in [2.45, 2.75) is 19.5 Å². The lowest BCUT2D eigenvalue weighted by molar-refractivity contribution is 0.220. The van der Waals surface area contributed by atoms with E-state index >= 15 is 0 Å². The molecule has 0 radical (unpaired) electrons. The molecule has 0 unspecified atom stereocenters. The Hall–Kier alpha value is -2.79. The summed E-state index contributed by atoms with van der Waals surface area (Å²) in [7, 11) is 1.81. The summed E-state index contributed by atoms with van der Waals surface area (Å²) < 4.78 is 0. The van der Waals surface area contributed by atoms with Gasteiger partial charge in [0.1, 0.15) is 0 Å². The van der Waals surface area contributed by atoms with Crippen LogP contribution in [-0.2, 0) is 19.5 Å². The van der Waals surface area contributed by atoms with Gasteiger partial charge in [-0.1, -0.05) is 30.3 Å². The molecule has 0 spiro atoms. The molecule has 3 aromatic rings. The molecule has 27 heavy (non-hydrogen) atoms. The molecule has 0 saturated carbocycles. The number of rotatable bonds is 4. The van der Waals surface area contributed by atoms with E-state index in [0.717, 1.165) is 30.8 Å². The molecule has 0 bridgehead atoms. The minimum Gasteiger partial charge on any atom is -0.367 e. The Kier molecular flexibility index (Phi) is 5.12. The fraction of sp³-hybridized carbons (Fsp3) is 0.227. The van der Waals surface area contributed by atoms with Crippen molar-refractivity contribution < 1.29 is 4.79 Å². The number of hydrogen-bond donors (Lipinski definition) is 1.